The molecular formula is C23H34O3. The lowest BCUT2D eigenvalue weighted by atomic mass is 9.65. The van der Waals surface area contributed by atoms with E-state index in [2.05, 4.69) is 6.92 Å². The second-order valence-corrected chi connectivity index (χ2v) is 10.2. The first-order valence-electron chi connectivity index (χ1n) is 11.1. The lowest BCUT2D eigenvalue weighted by molar-refractivity contribution is -0.161. The SMILES string of the molecule is COC(=O)C1(C)C(=O)C(C)C2(C3CCCCCC32)C12C1CCCCCC12. The standard InChI is InChI=1S/C23H34O3/c1-14-19(24)21(2,20(25)26-3)23(17-12-8-5-9-13-18(17)23)22(14)15-10-6-4-7-11-16(15)22/h14-18H,4-13H2,1-3H3. The molecule has 0 heterocycles. The molecule has 5 aliphatic rings. The summed E-state index contributed by atoms with van der Waals surface area (Å²) in [7, 11) is 1.48. The minimum absolute atomic E-state index is 0.0339. The number of carbonyl (C=O) groups is 2. The van der Waals surface area contributed by atoms with E-state index in [0.29, 0.717) is 23.7 Å². The van der Waals surface area contributed by atoms with Gasteiger partial charge in [0, 0.05) is 11.3 Å². The van der Waals surface area contributed by atoms with Gasteiger partial charge in [-0.3, -0.25) is 9.59 Å². The molecule has 2 spiro atoms. The number of hydrogen-bond acceptors (Lipinski definition) is 3. The number of Topliss-reactive ketones (excluding diaryl/α,β-unsaturated/α-hetero) is 1. The predicted octanol–water partition coefficient (Wildman–Crippen LogP) is 4.78. The summed E-state index contributed by atoms with van der Waals surface area (Å²) in [6.07, 6.45) is 12.8. The van der Waals surface area contributed by atoms with Crippen molar-refractivity contribution in [1.29, 1.82) is 0 Å². The summed E-state index contributed by atoms with van der Waals surface area (Å²) in [5, 5.41) is 0. The summed E-state index contributed by atoms with van der Waals surface area (Å²) in [5.41, 5.74) is -0.878. The molecule has 26 heavy (non-hydrogen) atoms. The molecule has 0 N–H and O–H groups in total. The Morgan fingerprint density at radius 2 is 1.35 bits per heavy atom. The molecule has 6 unspecified atom stereocenters. The summed E-state index contributed by atoms with van der Waals surface area (Å²) < 4.78 is 5.31. The number of ether oxygens (including phenoxy) is 1. The molecule has 0 aliphatic heterocycles. The Hall–Kier alpha value is -0.860. The smallest absolute Gasteiger partial charge is 0.319 e. The normalized spacial score (nSPS) is 55.0. The third kappa shape index (κ3) is 1.56. The van der Waals surface area contributed by atoms with E-state index in [9.17, 15) is 9.59 Å². The van der Waals surface area contributed by atoms with Crippen molar-refractivity contribution in [2.24, 2.45) is 45.8 Å². The van der Waals surface area contributed by atoms with E-state index in [0.717, 1.165) is 0 Å². The van der Waals surface area contributed by atoms with Crippen LogP contribution in [0.2, 0.25) is 0 Å². The second kappa shape index (κ2) is 5.35. The minimum atomic E-state index is -0.903. The first-order chi connectivity index (χ1) is 12.5. The fourth-order valence-corrected chi connectivity index (χ4v) is 9.41. The summed E-state index contributed by atoms with van der Waals surface area (Å²) in [6.45, 7) is 4.16. The fourth-order valence-electron chi connectivity index (χ4n) is 9.41. The van der Waals surface area contributed by atoms with Crippen molar-refractivity contribution in [1.82, 2.24) is 0 Å². The number of rotatable bonds is 1. The Kier molecular flexibility index (Phi) is 3.55. The van der Waals surface area contributed by atoms with Gasteiger partial charge in [-0.2, -0.15) is 0 Å². The van der Waals surface area contributed by atoms with E-state index in [1.165, 1.54) is 71.3 Å². The van der Waals surface area contributed by atoms with Crippen LogP contribution >= 0.6 is 0 Å². The highest BCUT2D eigenvalue weighted by Gasteiger charge is 2.95. The molecule has 0 radical (unpaired) electrons. The molecule has 0 bridgehead atoms. The van der Waals surface area contributed by atoms with Gasteiger partial charge in [-0.15, -0.1) is 0 Å². The van der Waals surface area contributed by atoms with Crippen LogP contribution < -0.4 is 0 Å². The third-order valence-corrected chi connectivity index (χ3v) is 9.95. The zero-order valence-electron chi connectivity index (χ0n) is 16.7. The lowest BCUT2D eigenvalue weighted by Gasteiger charge is -2.36. The van der Waals surface area contributed by atoms with Crippen LogP contribution in [0.15, 0.2) is 0 Å². The Morgan fingerprint density at radius 3 is 1.81 bits per heavy atom. The highest BCUT2D eigenvalue weighted by molar-refractivity contribution is 6.09. The molecule has 0 aromatic rings. The Bertz CT molecular complexity index is 628. The van der Waals surface area contributed by atoms with Crippen LogP contribution in [0.25, 0.3) is 0 Å². The van der Waals surface area contributed by atoms with Crippen LogP contribution in [0.1, 0.15) is 78.1 Å². The maximum Gasteiger partial charge on any atom is 0.319 e. The maximum atomic E-state index is 13.7. The highest BCUT2D eigenvalue weighted by atomic mass is 16.5. The van der Waals surface area contributed by atoms with Crippen LogP contribution in [0.5, 0.6) is 0 Å². The second-order valence-electron chi connectivity index (χ2n) is 10.2. The van der Waals surface area contributed by atoms with Crippen molar-refractivity contribution in [3.05, 3.63) is 0 Å². The molecule has 144 valence electrons. The summed E-state index contributed by atoms with van der Waals surface area (Å²) in [4.78, 5) is 26.8. The molecule has 0 aromatic heterocycles. The zero-order chi connectivity index (χ0) is 18.3. The van der Waals surface area contributed by atoms with E-state index >= 15 is 0 Å². The Morgan fingerprint density at radius 1 is 0.885 bits per heavy atom. The van der Waals surface area contributed by atoms with Crippen molar-refractivity contribution in [2.45, 2.75) is 78.1 Å². The van der Waals surface area contributed by atoms with Gasteiger partial charge >= 0.3 is 5.97 Å². The van der Waals surface area contributed by atoms with Crippen LogP contribution in [-0.4, -0.2) is 18.9 Å². The van der Waals surface area contributed by atoms with Gasteiger partial charge in [0.1, 0.15) is 5.41 Å². The van der Waals surface area contributed by atoms with Crippen LogP contribution in [-0.2, 0) is 14.3 Å². The van der Waals surface area contributed by atoms with Gasteiger partial charge < -0.3 is 4.74 Å². The predicted molar refractivity (Wildman–Crippen MR) is 99.3 cm³/mol. The summed E-state index contributed by atoms with van der Waals surface area (Å²) in [5.74, 6) is 2.53. The Labute approximate surface area is 157 Å². The molecule has 5 rings (SSSR count). The van der Waals surface area contributed by atoms with Crippen molar-refractivity contribution in [3.63, 3.8) is 0 Å². The number of hydrogen-bond donors (Lipinski definition) is 0. The van der Waals surface area contributed by atoms with Crippen LogP contribution in [0.4, 0.5) is 0 Å². The molecule has 0 amide bonds. The van der Waals surface area contributed by atoms with Gasteiger partial charge in [0.25, 0.3) is 0 Å². The van der Waals surface area contributed by atoms with Gasteiger partial charge in [-0.25, -0.2) is 0 Å². The topological polar surface area (TPSA) is 43.4 Å². The first-order valence-corrected chi connectivity index (χ1v) is 11.1. The minimum Gasteiger partial charge on any atom is -0.468 e. The van der Waals surface area contributed by atoms with Gasteiger partial charge in [0.2, 0.25) is 0 Å². The van der Waals surface area contributed by atoms with Crippen LogP contribution in [0.3, 0.4) is 0 Å². The van der Waals surface area contributed by atoms with Gasteiger partial charge in [-0.05, 0) is 61.7 Å². The molecule has 6 atom stereocenters. The third-order valence-electron chi connectivity index (χ3n) is 9.95. The van der Waals surface area contributed by atoms with Gasteiger partial charge in [0.15, 0.2) is 5.78 Å². The largest absolute Gasteiger partial charge is 0.468 e. The molecule has 5 aliphatic carbocycles. The molecule has 0 aromatic carbocycles. The first kappa shape index (κ1) is 17.3. The number of esters is 1. The van der Waals surface area contributed by atoms with Crippen molar-refractivity contribution in [3.8, 4) is 0 Å². The lowest BCUT2D eigenvalue weighted by Crippen LogP contribution is -2.44. The molecule has 3 heteroatoms. The summed E-state index contributed by atoms with van der Waals surface area (Å²) in [6, 6.07) is 0. The average molecular weight is 359 g/mol. The molecule has 5 saturated carbocycles. The average Bonchev–Trinajstić information content (AvgIpc) is 3.48. The molecule has 5 fully saturated rings. The number of carbonyl (C=O) groups excluding carboxylic acids is 2. The monoisotopic (exact) mass is 358 g/mol. The molecule has 0 saturated heterocycles. The van der Waals surface area contributed by atoms with Crippen molar-refractivity contribution in [2.75, 3.05) is 7.11 Å². The fraction of sp³-hybridized carbons (Fsp3) is 0.913. The highest BCUT2D eigenvalue weighted by Crippen LogP contribution is 2.94. The quantitative estimate of drug-likeness (QED) is 0.500. The molecule has 3 nitrogen and oxygen atoms in total. The van der Waals surface area contributed by atoms with Crippen molar-refractivity contribution >= 4 is 11.8 Å². The van der Waals surface area contributed by atoms with E-state index in [-0.39, 0.29) is 28.5 Å². The van der Waals surface area contributed by atoms with Crippen molar-refractivity contribution < 1.29 is 14.3 Å². The van der Waals surface area contributed by atoms with E-state index in [1.807, 2.05) is 6.92 Å². The maximum absolute atomic E-state index is 13.7. The van der Waals surface area contributed by atoms with E-state index < -0.39 is 5.41 Å². The Balaban J connectivity index is 1.68. The van der Waals surface area contributed by atoms with Gasteiger partial charge in [0.05, 0.1) is 7.11 Å². The van der Waals surface area contributed by atoms with Gasteiger partial charge in [-0.1, -0.05) is 45.4 Å². The van der Waals surface area contributed by atoms with Crippen LogP contribution in [0, 0.1) is 45.8 Å². The molecular weight excluding hydrogens is 324 g/mol. The summed E-state index contributed by atoms with van der Waals surface area (Å²) >= 11 is 0. The van der Waals surface area contributed by atoms with E-state index in [4.69, 9.17) is 4.74 Å². The number of methoxy groups -OCH3 is 1. The zero-order valence-corrected chi connectivity index (χ0v) is 16.7. The number of fused-ring (bicyclic) bond motifs is 7. The van der Waals surface area contributed by atoms with E-state index in [1.54, 1.807) is 0 Å². The number of ketones is 1.